The fraction of sp³-hybridized carbons (Fsp3) is 0.733. The SMILES string of the molecule is O=C(Cn1cc(NC2CC3CCC2C3)cn1)NC1CC1. The number of hydrogen-bond acceptors (Lipinski definition) is 3. The Morgan fingerprint density at radius 3 is 2.90 bits per heavy atom. The van der Waals surface area contributed by atoms with Crippen LogP contribution in [0, 0.1) is 11.8 Å². The van der Waals surface area contributed by atoms with Crippen LogP contribution < -0.4 is 10.6 Å². The molecule has 3 atom stereocenters. The van der Waals surface area contributed by atoms with Gasteiger partial charge < -0.3 is 10.6 Å². The summed E-state index contributed by atoms with van der Waals surface area (Å²) in [5, 5.41) is 10.9. The van der Waals surface area contributed by atoms with Crippen molar-refractivity contribution in [3.63, 3.8) is 0 Å². The summed E-state index contributed by atoms with van der Waals surface area (Å²) in [6.45, 7) is 0.328. The molecule has 3 fully saturated rings. The monoisotopic (exact) mass is 274 g/mol. The fourth-order valence-electron chi connectivity index (χ4n) is 3.81. The lowest BCUT2D eigenvalue weighted by Crippen LogP contribution is -2.29. The van der Waals surface area contributed by atoms with E-state index < -0.39 is 0 Å². The highest BCUT2D eigenvalue weighted by Crippen LogP contribution is 2.45. The van der Waals surface area contributed by atoms with Crippen molar-refractivity contribution >= 4 is 11.6 Å². The molecular weight excluding hydrogens is 252 g/mol. The van der Waals surface area contributed by atoms with Crippen LogP contribution in [0.15, 0.2) is 12.4 Å². The second-order valence-corrected chi connectivity index (χ2v) is 6.69. The molecule has 0 aliphatic heterocycles. The third-order valence-electron chi connectivity index (χ3n) is 4.97. The Morgan fingerprint density at radius 1 is 1.30 bits per heavy atom. The molecule has 108 valence electrons. The van der Waals surface area contributed by atoms with Crippen molar-refractivity contribution in [1.82, 2.24) is 15.1 Å². The molecule has 1 aromatic rings. The van der Waals surface area contributed by atoms with E-state index in [0.29, 0.717) is 18.6 Å². The number of hydrogen-bond donors (Lipinski definition) is 2. The minimum absolute atomic E-state index is 0.0714. The van der Waals surface area contributed by atoms with Crippen molar-refractivity contribution in [2.75, 3.05) is 5.32 Å². The van der Waals surface area contributed by atoms with Crippen molar-refractivity contribution in [2.45, 2.75) is 57.2 Å². The maximum atomic E-state index is 11.7. The van der Waals surface area contributed by atoms with E-state index in [0.717, 1.165) is 30.4 Å². The Kier molecular flexibility index (Phi) is 2.93. The number of nitrogens with one attached hydrogen (secondary N) is 2. The highest BCUT2D eigenvalue weighted by molar-refractivity contribution is 5.76. The molecule has 3 unspecified atom stereocenters. The largest absolute Gasteiger partial charge is 0.379 e. The Labute approximate surface area is 119 Å². The summed E-state index contributed by atoms with van der Waals surface area (Å²) >= 11 is 0. The van der Waals surface area contributed by atoms with E-state index in [2.05, 4.69) is 15.7 Å². The highest BCUT2D eigenvalue weighted by atomic mass is 16.2. The van der Waals surface area contributed by atoms with Crippen LogP contribution in [0.2, 0.25) is 0 Å². The number of carbonyl (C=O) groups excluding carboxylic acids is 1. The normalized spacial score (nSPS) is 31.5. The number of anilines is 1. The van der Waals surface area contributed by atoms with Gasteiger partial charge >= 0.3 is 0 Å². The number of aromatic nitrogens is 2. The van der Waals surface area contributed by atoms with E-state index in [4.69, 9.17) is 0 Å². The Balaban J connectivity index is 1.32. The number of fused-ring (bicyclic) bond motifs is 2. The molecular formula is C15H22N4O. The van der Waals surface area contributed by atoms with Gasteiger partial charge in [-0.3, -0.25) is 9.48 Å². The second-order valence-electron chi connectivity index (χ2n) is 6.69. The molecule has 3 saturated carbocycles. The first-order chi connectivity index (χ1) is 9.76. The van der Waals surface area contributed by atoms with Crippen molar-refractivity contribution in [3.05, 3.63) is 12.4 Å². The van der Waals surface area contributed by atoms with Crippen molar-refractivity contribution < 1.29 is 4.79 Å². The lowest BCUT2D eigenvalue weighted by atomic mass is 9.95. The highest BCUT2D eigenvalue weighted by Gasteiger charge is 2.39. The van der Waals surface area contributed by atoms with Crippen LogP contribution in [0.4, 0.5) is 5.69 Å². The van der Waals surface area contributed by atoms with Gasteiger partial charge in [-0.25, -0.2) is 0 Å². The summed E-state index contributed by atoms with van der Waals surface area (Å²) in [6, 6.07) is 1.04. The first kappa shape index (κ1) is 12.2. The molecule has 3 aliphatic rings. The summed E-state index contributed by atoms with van der Waals surface area (Å²) in [5.41, 5.74) is 1.06. The maximum Gasteiger partial charge on any atom is 0.241 e. The van der Waals surface area contributed by atoms with Gasteiger partial charge in [0.2, 0.25) is 5.91 Å². The minimum atomic E-state index is 0.0714. The van der Waals surface area contributed by atoms with Gasteiger partial charge in [0.15, 0.2) is 0 Å². The van der Waals surface area contributed by atoms with Crippen LogP contribution in [-0.4, -0.2) is 27.8 Å². The zero-order chi connectivity index (χ0) is 13.5. The van der Waals surface area contributed by atoms with E-state index >= 15 is 0 Å². The van der Waals surface area contributed by atoms with Gasteiger partial charge in [0.1, 0.15) is 6.54 Å². The first-order valence-electron chi connectivity index (χ1n) is 7.84. The van der Waals surface area contributed by atoms with Gasteiger partial charge in [-0.15, -0.1) is 0 Å². The summed E-state index contributed by atoms with van der Waals surface area (Å²) in [6.07, 6.45) is 11.6. The molecule has 1 heterocycles. The average molecular weight is 274 g/mol. The van der Waals surface area contributed by atoms with Gasteiger partial charge in [-0.05, 0) is 43.9 Å². The fourth-order valence-corrected chi connectivity index (χ4v) is 3.81. The molecule has 4 rings (SSSR count). The van der Waals surface area contributed by atoms with Crippen LogP contribution in [0.25, 0.3) is 0 Å². The number of nitrogens with zero attached hydrogens (tertiary/aromatic N) is 2. The van der Waals surface area contributed by atoms with Crippen LogP contribution in [0.5, 0.6) is 0 Å². The van der Waals surface area contributed by atoms with Gasteiger partial charge in [0, 0.05) is 18.3 Å². The summed E-state index contributed by atoms with van der Waals surface area (Å²) in [4.78, 5) is 11.7. The topological polar surface area (TPSA) is 59.0 Å². The standard InChI is InChI=1S/C15H22N4O/c20-15(18-12-3-4-12)9-19-8-13(7-16-19)17-14-6-10-1-2-11(14)5-10/h7-8,10-12,14,17H,1-6,9H2,(H,18,20). The predicted molar refractivity (Wildman–Crippen MR) is 76.3 cm³/mol. The zero-order valence-corrected chi connectivity index (χ0v) is 11.7. The average Bonchev–Trinajstić information content (AvgIpc) is 2.85. The first-order valence-corrected chi connectivity index (χ1v) is 7.84. The molecule has 0 saturated heterocycles. The van der Waals surface area contributed by atoms with Crippen LogP contribution in [-0.2, 0) is 11.3 Å². The number of rotatable bonds is 5. The molecule has 0 aromatic carbocycles. The molecule has 5 heteroatoms. The Hall–Kier alpha value is -1.52. The van der Waals surface area contributed by atoms with Crippen LogP contribution in [0.1, 0.15) is 38.5 Å². The van der Waals surface area contributed by atoms with E-state index in [1.807, 2.05) is 12.4 Å². The number of carbonyl (C=O) groups is 1. The number of amides is 1. The van der Waals surface area contributed by atoms with E-state index in [9.17, 15) is 4.79 Å². The molecule has 0 radical (unpaired) electrons. The van der Waals surface area contributed by atoms with E-state index in [1.165, 1.54) is 25.7 Å². The van der Waals surface area contributed by atoms with Gasteiger partial charge in [-0.1, -0.05) is 6.42 Å². The molecule has 2 N–H and O–H groups in total. The second kappa shape index (κ2) is 4.79. The third-order valence-corrected chi connectivity index (χ3v) is 4.97. The van der Waals surface area contributed by atoms with Crippen molar-refractivity contribution in [2.24, 2.45) is 11.8 Å². The minimum Gasteiger partial charge on any atom is -0.379 e. The summed E-state index contributed by atoms with van der Waals surface area (Å²) in [7, 11) is 0. The van der Waals surface area contributed by atoms with Crippen LogP contribution >= 0.6 is 0 Å². The van der Waals surface area contributed by atoms with Crippen molar-refractivity contribution in [1.29, 1.82) is 0 Å². The third kappa shape index (κ3) is 2.53. The molecule has 2 bridgehead atoms. The Bertz CT molecular complexity index is 508. The lowest BCUT2D eigenvalue weighted by Gasteiger charge is -2.22. The molecule has 3 aliphatic carbocycles. The quantitative estimate of drug-likeness (QED) is 0.860. The summed E-state index contributed by atoms with van der Waals surface area (Å²) < 4.78 is 1.73. The van der Waals surface area contributed by atoms with E-state index in [-0.39, 0.29) is 5.91 Å². The predicted octanol–water partition coefficient (Wildman–Crippen LogP) is 1.76. The molecule has 1 amide bonds. The van der Waals surface area contributed by atoms with E-state index in [1.54, 1.807) is 4.68 Å². The zero-order valence-electron chi connectivity index (χ0n) is 11.7. The molecule has 20 heavy (non-hydrogen) atoms. The van der Waals surface area contributed by atoms with Gasteiger partial charge in [0.05, 0.1) is 11.9 Å². The van der Waals surface area contributed by atoms with Crippen LogP contribution in [0.3, 0.4) is 0 Å². The molecule has 0 spiro atoms. The molecule has 1 aromatic heterocycles. The molecule has 5 nitrogen and oxygen atoms in total. The summed E-state index contributed by atoms with van der Waals surface area (Å²) in [5.74, 6) is 1.86. The lowest BCUT2D eigenvalue weighted by molar-refractivity contribution is -0.122. The Morgan fingerprint density at radius 2 is 2.20 bits per heavy atom. The smallest absolute Gasteiger partial charge is 0.241 e. The van der Waals surface area contributed by atoms with Gasteiger partial charge in [0.25, 0.3) is 0 Å². The van der Waals surface area contributed by atoms with Crippen molar-refractivity contribution in [3.8, 4) is 0 Å². The maximum absolute atomic E-state index is 11.7. The van der Waals surface area contributed by atoms with Gasteiger partial charge in [-0.2, -0.15) is 5.10 Å².